The van der Waals surface area contributed by atoms with E-state index >= 15 is 0 Å². The van der Waals surface area contributed by atoms with Crippen LogP contribution in [0.3, 0.4) is 0 Å². The molecule has 0 aliphatic heterocycles. The molecule has 0 aromatic heterocycles. The number of carbonyl (C=O) groups is 3. The van der Waals surface area contributed by atoms with Gasteiger partial charge in [0, 0.05) is 18.3 Å². The highest BCUT2D eigenvalue weighted by atomic mass is 32.1. The minimum absolute atomic E-state index is 0.0253. The first kappa shape index (κ1) is 32.8. The Bertz CT molecular complexity index is 884. The minimum Gasteiger partial charge on any atom is -0.444 e. The number of ether oxygens (including phenoxy) is 1. The summed E-state index contributed by atoms with van der Waals surface area (Å²) in [6.45, 7) is 15.9. The molecule has 0 heterocycles. The summed E-state index contributed by atoms with van der Waals surface area (Å²) in [5, 5.41) is 5.80. The fraction of sp³-hybridized carbons (Fsp3) is 0.690. The molecule has 1 aromatic rings. The van der Waals surface area contributed by atoms with Gasteiger partial charge in [0.2, 0.25) is 11.8 Å². The average molecular weight is 536 g/mol. The van der Waals surface area contributed by atoms with Crippen LogP contribution in [-0.2, 0) is 14.3 Å². The Hall–Kier alpha value is -2.22. The van der Waals surface area contributed by atoms with Crippen LogP contribution < -0.4 is 10.6 Å². The minimum atomic E-state index is -0.933. The van der Waals surface area contributed by atoms with Gasteiger partial charge in [-0.15, -0.1) is 0 Å². The van der Waals surface area contributed by atoms with Crippen LogP contribution in [0.25, 0.3) is 0 Å². The molecule has 3 atom stereocenters. The van der Waals surface area contributed by atoms with Gasteiger partial charge in [0.05, 0.1) is 0 Å². The summed E-state index contributed by atoms with van der Waals surface area (Å²) in [6.07, 6.45) is 4.90. The quantitative estimate of drug-likeness (QED) is 0.205. The summed E-state index contributed by atoms with van der Waals surface area (Å²) >= 11 is 4.37. The maximum Gasteiger partial charge on any atom is 0.408 e. The SMILES string of the molecule is CCCCCCN(C(=O)C(CS)NC(=O)OC(C)(C)C)C(C(=O)NC(C)CCC)c1cccc(C)c1C. The third-order valence-electron chi connectivity index (χ3n) is 6.32. The zero-order valence-corrected chi connectivity index (χ0v) is 25.0. The Balaban J connectivity index is 3.48. The predicted molar refractivity (Wildman–Crippen MR) is 154 cm³/mol. The highest BCUT2D eigenvalue weighted by Crippen LogP contribution is 2.28. The Morgan fingerprint density at radius 2 is 1.70 bits per heavy atom. The number of benzene rings is 1. The van der Waals surface area contributed by atoms with Crippen molar-refractivity contribution in [1.29, 1.82) is 0 Å². The van der Waals surface area contributed by atoms with Crippen LogP contribution in [-0.4, -0.2) is 52.8 Å². The molecule has 0 aliphatic carbocycles. The molecule has 0 spiro atoms. The summed E-state index contributed by atoms with van der Waals surface area (Å²) in [5.74, 6) is -0.480. The van der Waals surface area contributed by atoms with Crippen LogP contribution in [0.2, 0.25) is 0 Å². The van der Waals surface area contributed by atoms with E-state index in [0.717, 1.165) is 55.2 Å². The van der Waals surface area contributed by atoms with Gasteiger partial charge in [-0.1, -0.05) is 57.7 Å². The van der Waals surface area contributed by atoms with Gasteiger partial charge in [-0.05, 0) is 71.1 Å². The molecule has 1 rings (SSSR count). The van der Waals surface area contributed by atoms with E-state index in [4.69, 9.17) is 4.74 Å². The third-order valence-corrected chi connectivity index (χ3v) is 6.68. The van der Waals surface area contributed by atoms with Crippen molar-refractivity contribution in [2.24, 2.45) is 0 Å². The first-order valence-corrected chi connectivity index (χ1v) is 14.3. The van der Waals surface area contributed by atoms with Crippen molar-refractivity contribution in [2.45, 2.75) is 118 Å². The van der Waals surface area contributed by atoms with Crippen LogP contribution in [0.5, 0.6) is 0 Å². The van der Waals surface area contributed by atoms with Gasteiger partial charge in [-0.3, -0.25) is 9.59 Å². The molecule has 37 heavy (non-hydrogen) atoms. The maximum atomic E-state index is 14.0. The first-order chi connectivity index (χ1) is 17.4. The van der Waals surface area contributed by atoms with Gasteiger partial charge < -0.3 is 20.3 Å². The number of alkyl carbamates (subject to hydrolysis) is 1. The topological polar surface area (TPSA) is 87.7 Å². The lowest BCUT2D eigenvalue weighted by atomic mass is 9.94. The van der Waals surface area contributed by atoms with Crippen molar-refractivity contribution < 1.29 is 19.1 Å². The molecular weight excluding hydrogens is 486 g/mol. The fourth-order valence-corrected chi connectivity index (χ4v) is 4.51. The Morgan fingerprint density at radius 1 is 1.03 bits per heavy atom. The van der Waals surface area contributed by atoms with Crippen LogP contribution in [0.4, 0.5) is 4.79 Å². The molecule has 1 aromatic carbocycles. The normalized spacial score (nSPS) is 13.9. The van der Waals surface area contributed by atoms with Gasteiger partial charge >= 0.3 is 6.09 Å². The molecular formula is C29H49N3O4S. The number of rotatable bonds is 14. The number of aryl methyl sites for hydroxylation is 1. The Kier molecular flexibility index (Phi) is 14.1. The molecule has 0 aliphatic rings. The second-order valence-electron chi connectivity index (χ2n) is 10.9. The van der Waals surface area contributed by atoms with Gasteiger partial charge in [0.15, 0.2) is 0 Å². The molecule has 0 saturated heterocycles. The van der Waals surface area contributed by atoms with E-state index in [1.807, 2.05) is 39.0 Å². The van der Waals surface area contributed by atoms with Gasteiger partial charge in [0.25, 0.3) is 0 Å². The van der Waals surface area contributed by atoms with Crippen molar-refractivity contribution in [1.82, 2.24) is 15.5 Å². The lowest BCUT2D eigenvalue weighted by molar-refractivity contribution is -0.142. The van der Waals surface area contributed by atoms with Crippen LogP contribution in [0, 0.1) is 13.8 Å². The number of unbranched alkanes of at least 4 members (excludes halogenated alkanes) is 3. The monoisotopic (exact) mass is 535 g/mol. The van der Waals surface area contributed by atoms with Crippen molar-refractivity contribution in [3.8, 4) is 0 Å². The largest absolute Gasteiger partial charge is 0.444 e. The van der Waals surface area contributed by atoms with Gasteiger partial charge in [-0.25, -0.2) is 4.79 Å². The van der Waals surface area contributed by atoms with Crippen molar-refractivity contribution >= 4 is 30.5 Å². The molecule has 0 radical (unpaired) electrons. The number of nitrogens with zero attached hydrogens (tertiary/aromatic N) is 1. The van der Waals surface area contributed by atoms with E-state index in [0.29, 0.717) is 6.54 Å². The van der Waals surface area contributed by atoms with Crippen molar-refractivity contribution in [3.63, 3.8) is 0 Å². The molecule has 7 nitrogen and oxygen atoms in total. The summed E-state index contributed by atoms with van der Waals surface area (Å²) in [5.41, 5.74) is 2.11. The molecule has 2 N–H and O–H groups in total. The molecule has 8 heteroatoms. The molecule has 210 valence electrons. The number of hydrogen-bond acceptors (Lipinski definition) is 5. The number of thiol groups is 1. The summed E-state index contributed by atoms with van der Waals surface area (Å²) in [4.78, 5) is 42.0. The summed E-state index contributed by atoms with van der Waals surface area (Å²) < 4.78 is 5.39. The zero-order valence-electron chi connectivity index (χ0n) is 24.1. The summed E-state index contributed by atoms with van der Waals surface area (Å²) in [6, 6.07) is 4.06. The molecule has 0 bridgehead atoms. The van der Waals surface area contributed by atoms with Gasteiger partial charge in [0.1, 0.15) is 17.7 Å². The number of nitrogens with one attached hydrogen (secondary N) is 2. The maximum absolute atomic E-state index is 14.0. The number of hydrogen-bond donors (Lipinski definition) is 3. The van der Waals surface area contributed by atoms with Crippen LogP contribution in [0.15, 0.2) is 18.2 Å². The van der Waals surface area contributed by atoms with E-state index < -0.39 is 23.8 Å². The smallest absolute Gasteiger partial charge is 0.408 e. The van der Waals surface area contributed by atoms with E-state index in [-0.39, 0.29) is 23.6 Å². The average Bonchev–Trinajstić information content (AvgIpc) is 2.80. The zero-order chi connectivity index (χ0) is 28.2. The molecule has 0 saturated carbocycles. The predicted octanol–water partition coefficient (Wildman–Crippen LogP) is 5.88. The molecule has 0 fully saturated rings. The lowest BCUT2D eigenvalue weighted by Gasteiger charge is -2.35. The van der Waals surface area contributed by atoms with Crippen LogP contribution in [0.1, 0.15) is 103 Å². The highest BCUT2D eigenvalue weighted by molar-refractivity contribution is 7.80. The standard InChI is InChI=1S/C29H49N3O4S/c1-9-11-12-13-18-32(27(34)24(19-37)31-28(35)36-29(6,7)8)25(26(33)30-21(4)15-10-2)23-17-14-16-20(3)22(23)5/h14,16-17,21,24-25,37H,9-13,15,18-19H2,1-8H3,(H,30,33)(H,31,35). The van der Waals surface area contributed by atoms with Crippen molar-refractivity contribution in [3.05, 3.63) is 34.9 Å². The Labute approximate surface area is 229 Å². The van der Waals surface area contributed by atoms with Crippen LogP contribution >= 0.6 is 12.6 Å². The van der Waals surface area contributed by atoms with Crippen molar-refractivity contribution in [2.75, 3.05) is 12.3 Å². The highest BCUT2D eigenvalue weighted by Gasteiger charge is 2.36. The number of amides is 3. The van der Waals surface area contributed by atoms with Gasteiger partial charge in [-0.2, -0.15) is 12.6 Å². The molecule has 3 amide bonds. The second-order valence-corrected chi connectivity index (χ2v) is 11.2. The van der Waals surface area contributed by atoms with E-state index in [1.54, 1.807) is 25.7 Å². The number of carbonyl (C=O) groups excluding carboxylic acids is 3. The third kappa shape index (κ3) is 11.0. The molecule has 3 unspecified atom stereocenters. The lowest BCUT2D eigenvalue weighted by Crippen LogP contribution is -2.54. The summed E-state index contributed by atoms with van der Waals surface area (Å²) in [7, 11) is 0. The fourth-order valence-electron chi connectivity index (χ4n) is 4.26. The van der Waals surface area contributed by atoms with E-state index in [2.05, 4.69) is 37.1 Å². The van der Waals surface area contributed by atoms with E-state index in [9.17, 15) is 14.4 Å². The van der Waals surface area contributed by atoms with E-state index in [1.165, 1.54) is 0 Å². The Morgan fingerprint density at radius 3 is 2.27 bits per heavy atom. The first-order valence-electron chi connectivity index (χ1n) is 13.6. The second kappa shape index (κ2) is 15.9.